The molecule has 0 fully saturated rings. The van der Waals surface area contributed by atoms with Gasteiger partial charge >= 0.3 is 0 Å². The highest BCUT2D eigenvalue weighted by molar-refractivity contribution is 9.10. The number of rotatable bonds is 13. The monoisotopic (exact) mass is 711 g/mol. The minimum absolute atomic E-state index is 0.00831. The molecule has 0 radical (unpaired) electrons. The lowest BCUT2D eigenvalue weighted by atomic mass is 10.0. The van der Waals surface area contributed by atoms with Crippen LogP contribution in [0.2, 0.25) is 5.02 Å². The zero-order valence-electron chi connectivity index (χ0n) is 25.2. The normalized spacial score (nSPS) is 11.8. The number of amides is 2. The molecule has 4 rings (SSSR count). The first-order valence-corrected chi connectivity index (χ1v) is 16.9. The molecule has 1 atom stereocenters. The fourth-order valence-corrected chi connectivity index (χ4v) is 6.92. The summed E-state index contributed by atoms with van der Waals surface area (Å²) >= 11 is 9.83. The van der Waals surface area contributed by atoms with Crippen LogP contribution in [0.15, 0.2) is 106 Å². The Morgan fingerprint density at radius 1 is 0.933 bits per heavy atom. The number of halogens is 2. The Morgan fingerprint density at radius 3 is 2.27 bits per heavy atom. The van der Waals surface area contributed by atoms with Crippen LogP contribution in [0.1, 0.15) is 23.6 Å². The van der Waals surface area contributed by atoms with Crippen LogP contribution < -0.4 is 14.4 Å². The molecular formula is C34H35BrClN3O5S. The zero-order valence-corrected chi connectivity index (χ0v) is 28.4. The molecule has 0 saturated carbocycles. The van der Waals surface area contributed by atoms with Gasteiger partial charge in [0.25, 0.3) is 10.0 Å². The van der Waals surface area contributed by atoms with E-state index in [4.69, 9.17) is 16.3 Å². The number of sulfonamides is 1. The third-order valence-electron chi connectivity index (χ3n) is 7.16. The van der Waals surface area contributed by atoms with Gasteiger partial charge in [-0.2, -0.15) is 0 Å². The molecule has 0 aliphatic heterocycles. The Kier molecular flexibility index (Phi) is 11.7. The van der Waals surface area contributed by atoms with Crippen LogP contribution in [0.4, 0.5) is 5.69 Å². The maximum absolute atomic E-state index is 14.5. The Bertz CT molecular complexity index is 1740. The number of nitrogens with zero attached hydrogens (tertiary/aromatic N) is 2. The first-order valence-electron chi connectivity index (χ1n) is 14.3. The van der Waals surface area contributed by atoms with Crippen LogP contribution in [-0.2, 0) is 32.6 Å². The fraction of sp³-hybridized carbons (Fsp3) is 0.235. The lowest BCUT2D eigenvalue weighted by molar-refractivity contribution is -0.140. The van der Waals surface area contributed by atoms with Crippen LogP contribution in [0.3, 0.4) is 0 Å². The highest BCUT2D eigenvalue weighted by Crippen LogP contribution is 2.35. The molecule has 4 aromatic rings. The summed E-state index contributed by atoms with van der Waals surface area (Å²) in [4.78, 5) is 29.6. The van der Waals surface area contributed by atoms with Gasteiger partial charge in [0.15, 0.2) is 0 Å². The molecule has 0 aliphatic rings. The van der Waals surface area contributed by atoms with Gasteiger partial charge in [0.2, 0.25) is 11.8 Å². The number of carbonyl (C=O) groups excluding carboxylic acids is 2. The molecule has 0 bridgehead atoms. The summed E-state index contributed by atoms with van der Waals surface area (Å²) in [7, 11) is -2.89. The van der Waals surface area contributed by atoms with E-state index in [1.54, 1.807) is 31.2 Å². The number of hydrogen-bond donors (Lipinski definition) is 1. The summed E-state index contributed by atoms with van der Waals surface area (Å²) in [5.74, 6) is -0.719. The molecule has 0 spiro atoms. The second-order valence-corrected chi connectivity index (χ2v) is 13.6. The second kappa shape index (κ2) is 15.4. The second-order valence-electron chi connectivity index (χ2n) is 10.4. The molecule has 1 N–H and O–H groups in total. The van der Waals surface area contributed by atoms with Crippen molar-refractivity contribution >= 4 is 55.1 Å². The molecule has 0 unspecified atom stereocenters. The van der Waals surface area contributed by atoms with Gasteiger partial charge in [-0.15, -0.1) is 0 Å². The number of anilines is 1. The lowest BCUT2D eigenvalue weighted by Gasteiger charge is -2.34. The first-order chi connectivity index (χ1) is 21.5. The van der Waals surface area contributed by atoms with Crippen molar-refractivity contribution in [3.63, 3.8) is 0 Å². The Labute approximate surface area is 278 Å². The summed E-state index contributed by atoms with van der Waals surface area (Å²) in [5, 5.41) is 3.12. The van der Waals surface area contributed by atoms with Gasteiger partial charge in [-0.1, -0.05) is 87.7 Å². The van der Waals surface area contributed by atoms with E-state index in [9.17, 15) is 18.0 Å². The highest BCUT2D eigenvalue weighted by Gasteiger charge is 2.35. The van der Waals surface area contributed by atoms with E-state index >= 15 is 0 Å². The molecular weight excluding hydrogens is 678 g/mol. The number of likely N-dealkylation sites (N-methyl/N-ethyl adjacent to an activating group) is 1. The minimum Gasteiger partial charge on any atom is -0.495 e. The maximum atomic E-state index is 14.5. The molecule has 0 aliphatic carbocycles. The third kappa shape index (κ3) is 8.65. The summed E-state index contributed by atoms with van der Waals surface area (Å²) < 4.78 is 35.8. The molecule has 0 aromatic heterocycles. The molecule has 0 heterocycles. The van der Waals surface area contributed by atoms with E-state index in [-0.39, 0.29) is 40.2 Å². The standard InChI is InChI=1S/C34H35BrClN3O5S/c1-4-37-34(41)31(20-25-9-6-5-7-10-25)38(22-26-11-8-12-27(35)19-26)33(40)23-39(30-21-28(36)15-18-32(30)44-3)45(42,43)29-16-13-24(2)14-17-29/h5-19,21,31H,4,20,22-23H2,1-3H3,(H,37,41)/t31-/m1/s1. The summed E-state index contributed by atoms with van der Waals surface area (Å²) in [6, 6.07) is 26.8. The van der Waals surface area contributed by atoms with Crippen molar-refractivity contribution in [2.75, 3.05) is 24.5 Å². The van der Waals surface area contributed by atoms with E-state index in [1.807, 2.05) is 61.5 Å². The number of ether oxygens (including phenoxy) is 1. The van der Waals surface area contributed by atoms with E-state index < -0.39 is 28.5 Å². The predicted octanol–water partition coefficient (Wildman–Crippen LogP) is 6.39. The molecule has 2 amide bonds. The fourth-order valence-electron chi connectivity index (χ4n) is 4.89. The summed E-state index contributed by atoms with van der Waals surface area (Å²) in [6.45, 7) is 3.45. The number of nitrogens with one attached hydrogen (secondary N) is 1. The number of hydrogen-bond acceptors (Lipinski definition) is 5. The maximum Gasteiger partial charge on any atom is 0.264 e. The highest BCUT2D eigenvalue weighted by atomic mass is 79.9. The van der Waals surface area contributed by atoms with E-state index in [2.05, 4.69) is 21.2 Å². The zero-order chi connectivity index (χ0) is 32.6. The van der Waals surface area contributed by atoms with Crippen LogP contribution in [-0.4, -0.2) is 51.4 Å². The van der Waals surface area contributed by atoms with E-state index in [0.717, 1.165) is 25.5 Å². The van der Waals surface area contributed by atoms with Crippen molar-refractivity contribution in [2.45, 2.75) is 37.8 Å². The van der Waals surface area contributed by atoms with E-state index in [1.165, 1.54) is 30.2 Å². The van der Waals surface area contributed by atoms with Gasteiger partial charge in [-0.25, -0.2) is 8.42 Å². The average molecular weight is 713 g/mol. The Morgan fingerprint density at radius 2 is 1.62 bits per heavy atom. The van der Waals surface area contributed by atoms with Crippen molar-refractivity contribution < 1.29 is 22.7 Å². The first kappa shape index (κ1) is 34.0. The molecule has 8 nitrogen and oxygen atoms in total. The molecule has 0 saturated heterocycles. The number of aryl methyl sites for hydroxylation is 1. The molecule has 236 valence electrons. The van der Waals surface area contributed by atoms with Crippen LogP contribution in [0.25, 0.3) is 0 Å². The van der Waals surface area contributed by atoms with Crippen molar-refractivity contribution in [1.82, 2.24) is 10.2 Å². The van der Waals surface area contributed by atoms with Crippen LogP contribution in [0, 0.1) is 6.92 Å². The SMILES string of the molecule is CCNC(=O)[C@@H](Cc1ccccc1)N(Cc1cccc(Br)c1)C(=O)CN(c1cc(Cl)ccc1OC)S(=O)(=O)c1ccc(C)cc1. The smallest absolute Gasteiger partial charge is 0.264 e. The topological polar surface area (TPSA) is 96.0 Å². The van der Waals surface area contributed by atoms with Gasteiger partial charge in [0.05, 0.1) is 17.7 Å². The van der Waals surface area contributed by atoms with Crippen molar-refractivity contribution in [1.29, 1.82) is 0 Å². The summed E-state index contributed by atoms with van der Waals surface area (Å²) in [6.07, 6.45) is 0.220. The molecule has 11 heteroatoms. The molecule has 4 aromatic carbocycles. The summed E-state index contributed by atoms with van der Waals surface area (Å²) in [5.41, 5.74) is 2.58. The van der Waals surface area contributed by atoms with Crippen molar-refractivity contribution in [3.8, 4) is 5.75 Å². The number of carbonyl (C=O) groups is 2. The van der Waals surface area contributed by atoms with Gasteiger partial charge in [-0.05, 0) is 67.4 Å². The minimum atomic E-state index is -4.30. The van der Waals surface area contributed by atoms with Crippen LogP contribution >= 0.6 is 27.5 Å². The lowest BCUT2D eigenvalue weighted by Crippen LogP contribution is -2.53. The predicted molar refractivity (Wildman–Crippen MR) is 181 cm³/mol. The Balaban J connectivity index is 1.85. The third-order valence-corrected chi connectivity index (χ3v) is 9.66. The van der Waals surface area contributed by atoms with Gasteiger partial charge in [0, 0.05) is 29.0 Å². The van der Waals surface area contributed by atoms with Gasteiger partial charge in [-0.3, -0.25) is 13.9 Å². The Hall–Kier alpha value is -3.86. The van der Waals surface area contributed by atoms with Crippen LogP contribution in [0.5, 0.6) is 5.75 Å². The largest absolute Gasteiger partial charge is 0.495 e. The van der Waals surface area contributed by atoms with Crippen molar-refractivity contribution in [2.24, 2.45) is 0 Å². The molecule has 45 heavy (non-hydrogen) atoms. The number of benzene rings is 4. The quantitative estimate of drug-likeness (QED) is 0.173. The average Bonchev–Trinajstić information content (AvgIpc) is 3.02. The van der Waals surface area contributed by atoms with Gasteiger partial charge < -0.3 is 15.0 Å². The van der Waals surface area contributed by atoms with Gasteiger partial charge in [0.1, 0.15) is 18.3 Å². The van der Waals surface area contributed by atoms with E-state index in [0.29, 0.717) is 6.54 Å². The number of methoxy groups -OCH3 is 1. The van der Waals surface area contributed by atoms with Crippen molar-refractivity contribution in [3.05, 3.63) is 123 Å².